The topological polar surface area (TPSA) is 17.1 Å². The number of carbonyl (C=O) groups excluding carboxylic acids is 1. The maximum atomic E-state index is 13.4. The van der Waals surface area contributed by atoms with Gasteiger partial charge >= 0.3 is 0 Å². The Bertz CT molecular complexity index is 650. The van der Waals surface area contributed by atoms with E-state index in [1.165, 1.54) is 24.3 Å². The minimum atomic E-state index is -0.374. The molecule has 1 nitrogen and oxygen atoms in total. The molecule has 0 aliphatic rings. The Morgan fingerprint density at radius 2 is 1.79 bits per heavy atom. The molecule has 0 saturated carbocycles. The number of rotatable bonds is 3. The molecule has 2 aromatic carbocycles. The largest absolute Gasteiger partial charge is 0.289 e. The van der Waals surface area contributed by atoms with E-state index >= 15 is 0 Å². The molecule has 0 amide bonds. The third-order valence-electron chi connectivity index (χ3n) is 2.52. The van der Waals surface area contributed by atoms with Gasteiger partial charge in [-0.05, 0) is 36.4 Å². The first-order valence-corrected chi connectivity index (χ1v) is 6.25. The molecule has 0 fully saturated rings. The Hall–Kier alpha value is -1.64. The van der Waals surface area contributed by atoms with Crippen molar-refractivity contribution < 1.29 is 9.18 Å². The molecule has 0 heterocycles. The highest BCUT2D eigenvalue weighted by molar-refractivity contribution is 6.42. The van der Waals surface area contributed by atoms with Crippen LogP contribution in [-0.2, 0) is 0 Å². The fourth-order valence-electron chi connectivity index (χ4n) is 1.52. The summed E-state index contributed by atoms with van der Waals surface area (Å²) < 4.78 is 13.4. The maximum Gasteiger partial charge on any atom is 0.185 e. The summed E-state index contributed by atoms with van der Waals surface area (Å²) in [6.07, 6.45) is 2.73. The van der Waals surface area contributed by atoms with E-state index in [1.54, 1.807) is 30.3 Å². The predicted octanol–water partition coefficient (Wildman–Crippen LogP) is 5.03. The Balaban J connectivity index is 2.21. The lowest BCUT2D eigenvalue weighted by Crippen LogP contribution is -1.94. The number of benzene rings is 2. The van der Waals surface area contributed by atoms with Crippen molar-refractivity contribution in [3.8, 4) is 0 Å². The van der Waals surface area contributed by atoms with Gasteiger partial charge in [0.25, 0.3) is 0 Å². The molecule has 0 radical (unpaired) electrons. The number of ketones is 1. The summed E-state index contributed by atoms with van der Waals surface area (Å²) in [4.78, 5) is 11.9. The molecule has 2 aromatic rings. The van der Waals surface area contributed by atoms with Gasteiger partial charge in [0.1, 0.15) is 5.82 Å². The summed E-state index contributed by atoms with van der Waals surface area (Å²) in [5.74, 6) is -0.637. The quantitative estimate of drug-likeness (QED) is 0.573. The zero-order valence-electron chi connectivity index (χ0n) is 9.74. The van der Waals surface area contributed by atoms with E-state index in [0.717, 1.165) is 0 Å². The molecule has 0 aliphatic carbocycles. The van der Waals surface area contributed by atoms with Gasteiger partial charge in [-0.1, -0.05) is 41.4 Å². The predicted molar refractivity (Wildman–Crippen MR) is 76.2 cm³/mol. The fourth-order valence-corrected chi connectivity index (χ4v) is 1.82. The molecule has 0 spiro atoms. The smallest absolute Gasteiger partial charge is 0.185 e. The van der Waals surface area contributed by atoms with E-state index in [2.05, 4.69) is 0 Å². The van der Waals surface area contributed by atoms with Gasteiger partial charge in [0.15, 0.2) is 5.78 Å². The van der Waals surface area contributed by atoms with Gasteiger partial charge in [-0.3, -0.25) is 4.79 Å². The van der Waals surface area contributed by atoms with E-state index < -0.39 is 0 Å². The van der Waals surface area contributed by atoms with Crippen LogP contribution in [-0.4, -0.2) is 5.78 Å². The second-order valence-electron chi connectivity index (χ2n) is 3.85. The molecule has 19 heavy (non-hydrogen) atoms. The van der Waals surface area contributed by atoms with Crippen LogP contribution in [0.4, 0.5) is 4.39 Å². The van der Waals surface area contributed by atoms with Gasteiger partial charge in [0, 0.05) is 11.1 Å². The van der Waals surface area contributed by atoms with Crippen molar-refractivity contribution in [2.75, 3.05) is 0 Å². The average Bonchev–Trinajstić information content (AvgIpc) is 2.40. The molecule has 0 aliphatic heterocycles. The molecule has 0 unspecified atom stereocenters. The fraction of sp³-hybridized carbons (Fsp3) is 0. The van der Waals surface area contributed by atoms with Crippen LogP contribution in [0.3, 0.4) is 0 Å². The molecule has 0 bridgehead atoms. The molecular weight excluding hydrogens is 286 g/mol. The van der Waals surface area contributed by atoms with Crippen LogP contribution in [0.5, 0.6) is 0 Å². The number of hydrogen-bond acceptors (Lipinski definition) is 1. The summed E-state index contributed by atoms with van der Waals surface area (Å²) in [6, 6.07) is 10.8. The van der Waals surface area contributed by atoms with Crippen molar-refractivity contribution >= 4 is 35.1 Å². The van der Waals surface area contributed by atoms with E-state index in [1.807, 2.05) is 0 Å². The normalized spacial score (nSPS) is 10.9. The van der Waals surface area contributed by atoms with Crippen LogP contribution >= 0.6 is 23.2 Å². The van der Waals surface area contributed by atoms with Crippen molar-refractivity contribution in [3.63, 3.8) is 0 Å². The van der Waals surface area contributed by atoms with E-state index in [0.29, 0.717) is 21.2 Å². The SMILES string of the molecule is O=C(/C=C/c1ccccc1F)c1ccc(Cl)c(Cl)c1. The lowest BCUT2D eigenvalue weighted by atomic mass is 10.1. The second kappa shape index (κ2) is 6.00. The highest BCUT2D eigenvalue weighted by atomic mass is 35.5. The molecule has 2 rings (SSSR count). The number of hydrogen-bond donors (Lipinski definition) is 0. The lowest BCUT2D eigenvalue weighted by molar-refractivity contribution is 0.104. The Morgan fingerprint density at radius 3 is 2.47 bits per heavy atom. The molecule has 96 valence electrons. The summed E-state index contributed by atoms with van der Waals surface area (Å²) in [5.41, 5.74) is 0.762. The van der Waals surface area contributed by atoms with Crippen LogP contribution in [0, 0.1) is 5.82 Å². The van der Waals surface area contributed by atoms with Gasteiger partial charge in [0.05, 0.1) is 10.0 Å². The Morgan fingerprint density at radius 1 is 1.05 bits per heavy atom. The monoisotopic (exact) mass is 294 g/mol. The van der Waals surface area contributed by atoms with Gasteiger partial charge in [-0.2, -0.15) is 0 Å². The second-order valence-corrected chi connectivity index (χ2v) is 4.66. The molecular formula is C15H9Cl2FO. The highest BCUT2D eigenvalue weighted by Crippen LogP contribution is 2.23. The Kier molecular flexibility index (Phi) is 4.35. The Labute approximate surface area is 120 Å². The molecule has 0 atom stereocenters. The summed E-state index contributed by atoms with van der Waals surface area (Å²) in [6.45, 7) is 0. The molecule has 0 aromatic heterocycles. The zero-order valence-corrected chi connectivity index (χ0v) is 11.3. The number of allylic oxidation sites excluding steroid dienone is 1. The number of halogens is 3. The summed E-state index contributed by atoms with van der Waals surface area (Å²) in [5, 5.41) is 0.697. The van der Waals surface area contributed by atoms with Gasteiger partial charge in [0.2, 0.25) is 0 Å². The van der Waals surface area contributed by atoms with Crippen molar-refractivity contribution in [1.82, 2.24) is 0 Å². The molecule has 0 N–H and O–H groups in total. The first-order valence-electron chi connectivity index (χ1n) is 5.50. The van der Waals surface area contributed by atoms with Gasteiger partial charge in [-0.15, -0.1) is 0 Å². The van der Waals surface area contributed by atoms with Crippen LogP contribution < -0.4 is 0 Å². The summed E-state index contributed by atoms with van der Waals surface area (Å²) >= 11 is 11.6. The maximum absolute atomic E-state index is 13.4. The minimum absolute atomic E-state index is 0.262. The minimum Gasteiger partial charge on any atom is -0.289 e. The van der Waals surface area contributed by atoms with Gasteiger partial charge in [-0.25, -0.2) is 4.39 Å². The van der Waals surface area contributed by atoms with Crippen LogP contribution in [0.15, 0.2) is 48.5 Å². The van der Waals surface area contributed by atoms with E-state index in [4.69, 9.17) is 23.2 Å². The standard InChI is InChI=1S/C15H9Cl2FO/c16-12-7-5-11(9-13(12)17)15(19)8-6-10-3-1-2-4-14(10)18/h1-9H/b8-6+. The van der Waals surface area contributed by atoms with Crippen molar-refractivity contribution in [3.05, 3.63) is 75.5 Å². The van der Waals surface area contributed by atoms with E-state index in [9.17, 15) is 9.18 Å². The molecule has 4 heteroatoms. The third-order valence-corrected chi connectivity index (χ3v) is 3.26. The van der Waals surface area contributed by atoms with Crippen molar-refractivity contribution in [2.45, 2.75) is 0 Å². The highest BCUT2D eigenvalue weighted by Gasteiger charge is 2.05. The van der Waals surface area contributed by atoms with Gasteiger partial charge < -0.3 is 0 Å². The van der Waals surface area contributed by atoms with Crippen molar-refractivity contribution in [2.24, 2.45) is 0 Å². The first kappa shape index (κ1) is 13.8. The van der Waals surface area contributed by atoms with Crippen molar-refractivity contribution in [1.29, 1.82) is 0 Å². The molecule has 0 saturated heterocycles. The lowest BCUT2D eigenvalue weighted by Gasteiger charge is -1.99. The first-order chi connectivity index (χ1) is 9.08. The zero-order chi connectivity index (χ0) is 13.8. The summed E-state index contributed by atoms with van der Waals surface area (Å²) in [7, 11) is 0. The number of carbonyl (C=O) groups is 1. The average molecular weight is 295 g/mol. The third kappa shape index (κ3) is 3.43. The van der Waals surface area contributed by atoms with E-state index in [-0.39, 0.29) is 11.6 Å². The van der Waals surface area contributed by atoms with Crippen LogP contribution in [0.1, 0.15) is 15.9 Å². The van der Waals surface area contributed by atoms with Crippen LogP contribution in [0.2, 0.25) is 10.0 Å². The van der Waals surface area contributed by atoms with Crippen LogP contribution in [0.25, 0.3) is 6.08 Å².